The summed E-state index contributed by atoms with van der Waals surface area (Å²) in [6.07, 6.45) is 3.47. The highest BCUT2D eigenvalue weighted by molar-refractivity contribution is 8.02. The van der Waals surface area contributed by atoms with Gasteiger partial charge in [0.05, 0.1) is 5.25 Å². The van der Waals surface area contributed by atoms with Gasteiger partial charge in [0.2, 0.25) is 11.0 Å². The van der Waals surface area contributed by atoms with E-state index in [1.165, 1.54) is 40.6 Å². The molecular formula is C18H24N4OS2. The standard InChI is InChI=1S/C18H24N4OS2/c1-11(24-17-22-21-16(25-17)20-18(2,3)4)15(23)19-14-9-8-12-6-5-7-13(12)10-14/h8-11H,5-7H2,1-4H3,(H,19,23)(H,20,21). The van der Waals surface area contributed by atoms with Crippen molar-refractivity contribution in [3.8, 4) is 0 Å². The average Bonchev–Trinajstić information content (AvgIpc) is 3.14. The summed E-state index contributed by atoms with van der Waals surface area (Å²) in [6, 6.07) is 6.23. The lowest BCUT2D eigenvalue weighted by Gasteiger charge is -2.18. The monoisotopic (exact) mass is 376 g/mol. The van der Waals surface area contributed by atoms with Crippen LogP contribution in [0.4, 0.5) is 10.8 Å². The van der Waals surface area contributed by atoms with Gasteiger partial charge in [0.15, 0.2) is 4.34 Å². The maximum Gasteiger partial charge on any atom is 0.237 e. The number of carbonyl (C=O) groups is 1. The molecule has 7 heteroatoms. The van der Waals surface area contributed by atoms with E-state index in [1.54, 1.807) is 0 Å². The zero-order valence-electron chi connectivity index (χ0n) is 15.0. The molecule has 1 amide bonds. The van der Waals surface area contributed by atoms with Crippen molar-refractivity contribution in [2.75, 3.05) is 10.6 Å². The van der Waals surface area contributed by atoms with Crippen LogP contribution in [0.25, 0.3) is 0 Å². The van der Waals surface area contributed by atoms with Gasteiger partial charge in [-0.05, 0) is 70.2 Å². The Morgan fingerprint density at radius 1 is 1.24 bits per heavy atom. The molecule has 1 aromatic heterocycles. The van der Waals surface area contributed by atoms with Crippen LogP contribution >= 0.6 is 23.1 Å². The topological polar surface area (TPSA) is 66.9 Å². The lowest BCUT2D eigenvalue weighted by molar-refractivity contribution is -0.115. The lowest BCUT2D eigenvalue weighted by atomic mass is 10.1. The molecule has 134 valence electrons. The molecule has 5 nitrogen and oxygen atoms in total. The van der Waals surface area contributed by atoms with Gasteiger partial charge in [-0.3, -0.25) is 4.79 Å². The first kappa shape index (κ1) is 18.2. The minimum atomic E-state index is -0.233. The van der Waals surface area contributed by atoms with Crippen molar-refractivity contribution in [3.63, 3.8) is 0 Å². The van der Waals surface area contributed by atoms with Gasteiger partial charge in [-0.25, -0.2) is 0 Å². The summed E-state index contributed by atoms with van der Waals surface area (Å²) in [4.78, 5) is 12.5. The molecule has 2 aromatic rings. The van der Waals surface area contributed by atoms with E-state index in [9.17, 15) is 4.79 Å². The summed E-state index contributed by atoms with van der Waals surface area (Å²) < 4.78 is 0.795. The molecule has 1 aliphatic carbocycles. The van der Waals surface area contributed by atoms with Crippen molar-refractivity contribution in [2.45, 2.75) is 62.1 Å². The number of hydrogen-bond donors (Lipinski definition) is 2. The molecule has 3 rings (SSSR count). The van der Waals surface area contributed by atoms with Gasteiger partial charge in [0.25, 0.3) is 0 Å². The Morgan fingerprint density at radius 2 is 2.00 bits per heavy atom. The van der Waals surface area contributed by atoms with E-state index in [0.717, 1.165) is 28.0 Å². The molecular weight excluding hydrogens is 352 g/mol. The van der Waals surface area contributed by atoms with Gasteiger partial charge in [-0.1, -0.05) is 29.2 Å². The fourth-order valence-electron chi connectivity index (χ4n) is 2.73. The second-order valence-corrected chi connectivity index (χ2v) is 9.90. The molecule has 1 heterocycles. The molecule has 0 spiro atoms. The number of anilines is 2. The minimum Gasteiger partial charge on any atom is -0.355 e. The quantitative estimate of drug-likeness (QED) is 0.759. The van der Waals surface area contributed by atoms with Crippen molar-refractivity contribution < 1.29 is 4.79 Å². The number of benzene rings is 1. The van der Waals surface area contributed by atoms with Gasteiger partial charge >= 0.3 is 0 Å². The number of nitrogens with one attached hydrogen (secondary N) is 2. The van der Waals surface area contributed by atoms with Crippen LogP contribution < -0.4 is 10.6 Å². The van der Waals surface area contributed by atoms with Crippen LogP contribution in [0.1, 0.15) is 45.2 Å². The zero-order chi connectivity index (χ0) is 18.0. The van der Waals surface area contributed by atoms with E-state index in [1.807, 2.05) is 13.0 Å². The van der Waals surface area contributed by atoms with Gasteiger partial charge in [-0.2, -0.15) is 0 Å². The van der Waals surface area contributed by atoms with Crippen molar-refractivity contribution in [1.29, 1.82) is 0 Å². The Balaban J connectivity index is 1.57. The number of fused-ring (bicyclic) bond motifs is 1. The maximum atomic E-state index is 12.5. The van der Waals surface area contributed by atoms with E-state index in [4.69, 9.17) is 0 Å². The third kappa shape index (κ3) is 4.95. The van der Waals surface area contributed by atoms with Crippen LogP contribution in [-0.4, -0.2) is 26.9 Å². The fourth-order valence-corrected chi connectivity index (χ4v) is 4.83. The molecule has 25 heavy (non-hydrogen) atoms. The number of nitrogens with zero attached hydrogens (tertiary/aromatic N) is 2. The van der Waals surface area contributed by atoms with Crippen LogP contribution in [0.3, 0.4) is 0 Å². The molecule has 1 atom stereocenters. The first-order chi connectivity index (χ1) is 11.8. The number of hydrogen-bond acceptors (Lipinski definition) is 6. The van der Waals surface area contributed by atoms with E-state index < -0.39 is 0 Å². The van der Waals surface area contributed by atoms with Crippen LogP contribution in [0, 0.1) is 0 Å². The van der Waals surface area contributed by atoms with Crippen LogP contribution in [0.5, 0.6) is 0 Å². The summed E-state index contributed by atoms with van der Waals surface area (Å²) in [6.45, 7) is 8.13. The third-order valence-corrected chi connectivity index (χ3v) is 5.92. The highest BCUT2D eigenvalue weighted by Crippen LogP contribution is 2.31. The largest absolute Gasteiger partial charge is 0.355 e. The van der Waals surface area contributed by atoms with Crippen molar-refractivity contribution in [2.24, 2.45) is 0 Å². The Hall–Kier alpha value is -1.60. The molecule has 2 N–H and O–H groups in total. The number of aromatic nitrogens is 2. The smallest absolute Gasteiger partial charge is 0.237 e. The summed E-state index contributed by atoms with van der Waals surface area (Å²) >= 11 is 2.91. The van der Waals surface area contributed by atoms with Crippen molar-refractivity contribution in [1.82, 2.24) is 10.2 Å². The average molecular weight is 377 g/mol. The van der Waals surface area contributed by atoms with Gasteiger partial charge < -0.3 is 10.6 Å². The Labute approximate surface area is 157 Å². The number of thioether (sulfide) groups is 1. The Bertz CT molecular complexity index is 767. The first-order valence-electron chi connectivity index (χ1n) is 8.51. The highest BCUT2D eigenvalue weighted by atomic mass is 32.2. The molecule has 0 bridgehead atoms. The SMILES string of the molecule is CC(Sc1nnc(NC(C)(C)C)s1)C(=O)Nc1ccc2c(c1)CCC2. The summed E-state index contributed by atoms with van der Waals surface area (Å²) in [5.74, 6) is -0.0107. The van der Waals surface area contributed by atoms with E-state index in [0.29, 0.717) is 0 Å². The summed E-state index contributed by atoms with van der Waals surface area (Å²) in [7, 11) is 0. The maximum absolute atomic E-state index is 12.5. The van der Waals surface area contributed by atoms with Crippen LogP contribution in [-0.2, 0) is 17.6 Å². The lowest BCUT2D eigenvalue weighted by Crippen LogP contribution is -2.25. The molecule has 0 radical (unpaired) electrons. The predicted molar refractivity (Wildman–Crippen MR) is 106 cm³/mol. The number of amides is 1. The highest BCUT2D eigenvalue weighted by Gasteiger charge is 2.19. The molecule has 0 aliphatic heterocycles. The first-order valence-corrected chi connectivity index (χ1v) is 10.2. The zero-order valence-corrected chi connectivity index (χ0v) is 16.7. The summed E-state index contributed by atoms with van der Waals surface area (Å²) in [5.41, 5.74) is 3.59. The van der Waals surface area contributed by atoms with Gasteiger partial charge in [-0.15, -0.1) is 10.2 Å². The van der Waals surface area contributed by atoms with Crippen LogP contribution in [0.2, 0.25) is 0 Å². The van der Waals surface area contributed by atoms with Gasteiger partial charge in [0.1, 0.15) is 0 Å². The molecule has 0 fully saturated rings. The Kier molecular flexibility index (Phi) is 5.34. The van der Waals surface area contributed by atoms with Crippen LogP contribution in [0.15, 0.2) is 22.5 Å². The molecule has 1 aliphatic rings. The molecule has 1 aromatic carbocycles. The molecule has 0 saturated carbocycles. The second-order valence-electron chi connectivity index (χ2n) is 7.33. The summed E-state index contributed by atoms with van der Waals surface area (Å²) in [5, 5.41) is 15.2. The second kappa shape index (κ2) is 7.33. The van der Waals surface area contributed by atoms with E-state index in [-0.39, 0.29) is 16.7 Å². The number of aryl methyl sites for hydroxylation is 2. The molecule has 0 saturated heterocycles. The normalized spacial score (nSPS) is 14.9. The predicted octanol–water partition coefficient (Wildman–Crippen LogP) is 4.36. The minimum absolute atomic E-state index is 0.0107. The third-order valence-electron chi connectivity index (χ3n) is 3.90. The fraction of sp³-hybridized carbons (Fsp3) is 0.500. The Morgan fingerprint density at radius 3 is 2.76 bits per heavy atom. The number of carbonyl (C=O) groups excluding carboxylic acids is 1. The van der Waals surface area contributed by atoms with E-state index >= 15 is 0 Å². The van der Waals surface area contributed by atoms with Crippen molar-refractivity contribution in [3.05, 3.63) is 29.3 Å². The molecule has 1 unspecified atom stereocenters. The van der Waals surface area contributed by atoms with Crippen molar-refractivity contribution >= 4 is 39.8 Å². The number of rotatable bonds is 5. The van der Waals surface area contributed by atoms with E-state index in [2.05, 4.69) is 53.7 Å². The van der Waals surface area contributed by atoms with Gasteiger partial charge in [0, 0.05) is 11.2 Å².